The lowest BCUT2D eigenvalue weighted by Crippen LogP contribution is -2.37. The van der Waals surface area contributed by atoms with Crippen molar-refractivity contribution in [2.24, 2.45) is 0 Å². The molecule has 0 saturated heterocycles. The van der Waals surface area contributed by atoms with Crippen LogP contribution < -0.4 is 4.68 Å². The zero-order valence-electron chi connectivity index (χ0n) is 10.5. The number of halogens is 2. The Kier molecular flexibility index (Phi) is 3.50. The van der Waals surface area contributed by atoms with Crippen molar-refractivity contribution < 1.29 is 4.68 Å². The molecule has 20 heavy (non-hydrogen) atoms. The first-order chi connectivity index (χ1) is 9.54. The van der Waals surface area contributed by atoms with Gasteiger partial charge in [0.05, 0.1) is 5.69 Å². The van der Waals surface area contributed by atoms with Crippen LogP contribution in [0.4, 0.5) is 0 Å². The maximum atomic E-state index is 6.19. The van der Waals surface area contributed by atoms with E-state index in [0.29, 0.717) is 21.5 Å². The molecule has 2 aromatic heterocycles. The van der Waals surface area contributed by atoms with E-state index in [9.17, 15) is 0 Å². The summed E-state index contributed by atoms with van der Waals surface area (Å²) in [6, 6.07) is 7.26. The molecule has 7 heteroatoms. The summed E-state index contributed by atoms with van der Waals surface area (Å²) in [5.41, 5.74) is 2.56. The Balaban J connectivity index is 2.07. The van der Waals surface area contributed by atoms with Crippen LogP contribution in [0.5, 0.6) is 0 Å². The lowest BCUT2D eigenvalue weighted by molar-refractivity contribution is -0.721. The summed E-state index contributed by atoms with van der Waals surface area (Å²) in [6.45, 7) is 2.41. The first-order valence-electron chi connectivity index (χ1n) is 5.90. The minimum atomic E-state index is 0.515. The number of benzene rings is 1. The molecule has 4 nitrogen and oxygen atoms in total. The quantitative estimate of drug-likeness (QED) is 0.536. The van der Waals surface area contributed by atoms with Crippen molar-refractivity contribution in [2.75, 3.05) is 0 Å². The van der Waals surface area contributed by atoms with Crippen LogP contribution in [0.15, 0.2) is 35.5 Å². The van der Waals surface area contributed by atoms with Gasteiger partial charge in [-0.1, -0.05) is 43.8 Å². The van der Waals surface area contributed by atoms with Gasteiger partial charge in [0, 0.05) is 15.6 Å². The minimum absolute atomic E-state index is 0.515. The van der Waals surface area contributed by atoms with Gasteiger partial charge in [0.25, 0.3) is 6.33 Å². The van der Waals surface area contributed by atoms with Crippen molar-refractivity contribution in [1.29, 1.82) is 0 Å². The summed E-state index contributed by atoms with van der Waals surface area (Å²) in [5.74, 6) is 0. The fourth-order valence-corrected chi connectivity index (χ4v) is 2.87. The summed E-state index contributed by atoms with van der Waals surface area (Å²) in [4.78, 5) is 0.708. The molecule has 0 aliphatic rings. The summed E-state index contributed by atoms with van der Waals surface area (Å²) in [7, 11) is 0. The highest BCUT2D eigenvalue weighted by atomic mass is 35.5. The molecule has 0 atom stereocenters. The summed E-state index contributed by atoms with van der Waals surface area (Å²) < 4.78 is 3.46. The van der Waals surface area contributed by atoms with E-state index in [4.69, 9.17) is 35.8 Å². The van der Waals surface area contributed by atoms with Crippen molar-refractivity contribution in [1.82, 2.24) is 14.7 Å². The molecule has 0 radical (unpaired) electrons. The number of hydrogen-bond acceptors (Lipinski definition) is 3. The van der Waals surface area contributed by atoms with Crippen LogP contribution in [0.1, 0.15) is 11.3 Å². The van der Waals surface area contributed by atoms with Crippen molar-refractivity contribution in [3.63, 3.8) is 0 Å². The topological polar surface area (TPSA) is 34.1 Å². The molecular weight excluding hydrogens is 315 g/mol. The summed E-state index contributed by atoms with van der Waals surface area (Å²) in [6.07, 6.45) is 1.64. The zero-order chi connectivity index (χ0) is 14.3. The predicted octanol–water partition coefficient (Wildman–Crippen LogP) is 2.59. The Labute approximate surface area is 131 Å². The van der Waals surface area contributed by atoms with E-state index in [1.54, 1.807) is 27.7 Å². The molecule has 3 rings (SSSR count). The van der Waals surface area contributed by atoms with E-state index < -0.39 is 0 Å². The van der Waals surface area contributed by atoms with Crippen LogP contribution in [0, 0.1) is 6.92 Å². The van der Waals surface area contributed by atoms with Crippen molar-refractivity contribution in [2.45, 2.75) is 18.4 Å². The highest BCUT2D eigenvalue weighted by Crippen LogP contribution is 2.20. The third-order valence-corrected chi connectivity index (χ3v) is 3.81. The number of nitrogens with zero attached hydrogens (tertiary/aromatic N) is 4. The Morgan fingerprint density at radius 3 is 2.85 bits per heavy atom. The molecule has 3 aromatic rings. The molecule has 102 valence electrons. The molecule has 2 heterocycles. The average molecular weight is 325 g/mol. The smallest absolute Gasteiger partial charge is 0.310 e. The lowest BCUT2D eigenvalue weighted by atomic mass is 10.2. The van der Waals surface area contributed by atoms with Crippen LogP contribution in [0.25, 0.3) is 5.65 Å². The second-order valence-electron chi connectivity index (χ2n) is 4.44. The van der Waals surface area contributed by atoms with Gasteiger partial charge in [-0.3, -0.25) is 0 Å². The Bertz CT molecular complexity index is 800. The molecule has 0 N–H and O–H groups in total. The maximum absolute atomic E-state index is 6.19. The molecular formula is C13H10Cl2N4S. The number of rotatable bonds is 2. The Morgan fingerprint density at radius 2 is 2.10 bits per heavy atom. The van der Waals surface area contributed by atoms with Gasteiger partial charge in [-0.15, -0.1) is 4.68 Å². The molecule has 0 aliphatic heterocycles. The minimum Gasteiger partial charge on any atom is -0.772 e. The van der Waals surface area contributed by atoms with E-state index in [0.717, 1.165) is 16.9 Å². The highest BCUT2D eigenvalue weighted by molar-refractivity contribution is 7.59. The van der Waals surface area contributed by atoms with Gasteiger partial charge < -0.3 is 12.6 Å². The third-order valence-electron chi connectivity index (χ3n) is 2.92. The van der Waals surface area contributed by atoms with E-state index >= 15 is 0 Å². The first-order valence-corrected chi connectivity index (χ1v) is 7.07. The highest BCUT2D eigenvalue weighted by Gasteiger charge is 2.15. The van der Waals surface area contributed by atoms with Gasteiger partial charge in [0.2, 0.25) is 0 Å². The molecule has 0 bridgehead atoms. The van der Waals surface area contributed by atoms with Gasteiger partial charge in [0.15, 0.2) is 0 Å². The van der Waals surface area contributed by atoms with E-state index in [1.165, 1.54) is 0 Å². The average Bonchev–Trinajstić information content (AvgIpc) is 2.76. The number of fused-ring (bicyclic) bond motifs is 1. The van der Waals surface area contributed by atoms with Gasteiger partial charge in [-0.25, -0.2) is 0 Å². The van der Waals surface area contributed by atoms with Crippen LogP contribution in [-0.4, -0.2) is 14.7 Å². The molecule has 0 amide bonds. The summed E-state index contributed by atoms with van der Waals surface area (Å²) >= 11 is 17.5. The molecule has 0 aliphatic carbocycles. The van der Waals surface area contributed by atoms with Crippen molar-refractivity contribution >= 4 is 41.5 Å². The van der Waals surface area contributed by atoms with Gasteiger partial charge in [-0.05, 0) is 30.2 Å². The van der Waals surface area contributed by atoms with Gasteiger partial charge in [0.1, 0.15) is 6.54 Å². The molecule has 0 fully saturated rings. The van der Waals surface area contributed by atoms with Crippen LogP contribution in [0.2, 0.25) is 10.0 Å². The van der Waals surface area contributed by atoms with Gasteiger partial charge >= 0.3 is 5.65 Å². The zero-order valence-corrected chi connectivity index (χ0v) is 12.9. The maximum Gasteiger partial charge on any atom is 0.310 e. The Morgan fingerprint density at radius 1 is 1.30 bits per heavy atom. The van der Waals surface area contributed by atoms with Crippen molar-refractivity contribution in [3.05, 3.63) is 51.9 Å². The van der Waals surface area contributed by atoms with Gasteiger partial charge in [-0.2, -0.15) is 0 Å². The normalized spacial score (nSPS) is 11.2. The molecule has 0 spiro atoms. The third kappa shape index (κ3) is 2.44. The predicted molar refractivity (Wildman–Crippen MR) is 79.1 cm³/mol. The molecule has 0 unspecified atom stereocenters. The lowest BCUT2D eigenvalue weighted by Gasteiger charge is -2.06. The fourth-order valence-electron chi connectivity index (χ4n) is 2.03. The summed E-state index contributed by atoms with van der Waals surface area (Å²) in [5, 5.41) is 9.88. The fraction of sp³-hybridized carbons (Fsp3) is 0.154. The first kappa shape index (κ1) is 13.5. The van der Waals surface area contributed by atoms with Crippen LogP contribution in [0.3, 0.4) is 0 Å². The second kappa shape index (κ2) is 5.16. The standard InChI is InChI=1S/C13H10Cl2N4S/c1-8-4-12(20)13-18(16-7-19(13)17-8)6-9-2-3-10(14)5-11(9)15/h2-5,7H,6H2,1H3. The monoisotopic (exact) mass is 324 g/mol. The SMILES string of the molecule is Cc1cc([S-])c2n(cn[n+]2Cc2ccc(Cl)cc2Cl)n1. The van der Waals surface area contributed by atoms with Crippen LogP contribution >= 0.6 is 23.2 Å². The number of hydrogen-bond donors (Lipinski definition) is 0. The Hall–Kier alpha value is -1.43. The van der Waals surface area contributed by atoms with Crippen molar-refractivity contribution in [3.8, 4) is 0 Å². The largest absolute Gasteiger partial charge is 0.772 e. The number of aromatic nitrogens is 4. The van der Waals surface area contributed by atoms with E-state index in [-0.39, 0.29) is 0 Å². The molecule has 1 aromatic carbocycles. The van der Waals surface area contributed by atoms with Crippen LogP contribution in [-0.2, 0) is 19.2 Å². The number of aryl methyl sites for hydroxylation is 1. The van der Waals surface area contributed by atoms with E-state index in [1.807, 2.05) is 19.1 Å². The van der Waals surface area contributed by atoms with E-state index in [2.05, 4.69) is 10.2 Å². The molecule has 0 saturated carbocycles. The second-order valence-corrected chi connectivity index (χ2v) is 5.73.